The van der Waals surface area contributed by atoms with Crippen LogP contribution in [0.25, 0.3) is 0 Å². The summed E-state index contributed by atoms with van der Waals surface area (Å²) in [7, 11) is -3.31. The Bertz CT molecular complexity index is 819. The van der Waals surface area contributed by atoms with E-state index in [2.05, 4.69) is 15.4 Å². The van der Waals surface area contributed by atoms with Crippen molar-refractivity contribution in [3.8, 4) is 0 Å². The number of carbonyl (C=O) groups is 1. The number of rotatable bonds is 7. The maximum Gasteiger partial charge on any atom is 0.319 e. The molecule has 1 unspecified atom stereocenters. The number of nitrogens with one attached hydrogen (secondary N) is 3. The van der Waals surface area contributed by atoms with Crippen LogP contribution in [-0.4, -0.2) is 20.2 Å². The van der Waals surface area contributed by atoms with Gasteiger partial charge in [0, 0.05) is 11.4 Å². The van der Waals surface area contributed by atoms with E-state index in [-0.39, 0.29) is 23.7 Å². The third-order valence-corrected chi connectivity index (χ3v) is 5.21. The molecule has 0 radical (unpaired) electrons. The molecule has 0 saturated heterocycles. The summed E-state index contributed by atoms with van der Waals surface area (Å²) in [5.41, 5.74) is 2.08. The minimum atomic E-state index is -3.31. The van der Waals surface area contributed by atoms with Crippen LogP contribution in [0, 0.1) is 5.92 Å². The summed E-state index contributed by atoms with van der Waals surface area (Å²) >= 11 is 0. The highest BCUT2D eigenvalue weighted by molar-refractivity contribution is 7.92. The number of amides is 2. The lowest BCUT2D eigenvalue weighted by Crippen LogP contribution is -2.35. The second-order valence-electron chi connectivity index (χ2n) is 6.31. The van der Waals surface area contributed by atoms with Crippen molar-refractivity contribution in [2.24, 2.45) is 5.92 Å². The third-order valence-electron chi connectivity index (χ3n) is 3.91. The molecule has 0 heterocycles. The lowest BCUT2D eigenvalue weighted by atomic mass is 9.96. The molecule has 26 heavy (non-hydrogen) atoms. The van der Waals surface area contributed by atoms with Gasteiger partial charge in [-0.05, 0) is 42.7 Å². The van der Waals surface area contributed by atoms with Gasteiger partial charge >= 0.3 is 6.03 Å². The molecule has 2 amide bonds. The predicted molar refractivity (Wildman–Crippen MR) is 106 cm³/mol. The fraction of sp³-hybridized carbons (Fsp3) is 0.316. The molecule has 2 aromatic carbocycles. The number of urea groups is 1. The summed E-state index contributed by atoms with van der Waals surface area (Å²) in [5, 5.41) is 5.76. The topological polar surface area (TPSA) is 87.3 Å². The molecule has 0 aliphatic heterocycles. The van der Waals surface area contributed by atoms with Crippen LogP contribution in [0.3, 0.4) is 0 Å². The maximum absolute atomic E-state index is 12.3. The summed E-state index contributed by atoms with van der Waals surface area (Å²) in [5.74, 6) is 0.236. The highest BCUT2D eigenvalue weighted by atomic mass is 32.2. The quantitative estimate of drug-likeness (QED) is 0.684. The van der Waals surface area contributed by atoms with E-state index in [1.54, 1.807) is 31.2 Å². The molecule has 2 rings (SSSR count). The average Bonchev–Trinajstić information content (AvgIpc) is 2.61. The summed E-state index contributed by atoms with van der Waals surface area (Å²) in [6.07, 6.45) is 0. The van der Waals surface area contributed by atoms with Gasteiger partial charge in [0.25, 0.3) is 0 Å². The molecule has 0 aromatic heterocycles. The third kappa shape index (κ3) is 5.77. The van der Waals surface area contributed by atoms with Crippen LogP contribution in [0.15, 0.2) is 54.6 Å². The van der Waals surface area contributed by atoms with Crippen molar-refractivity contribution in [2.45, 2.75) is 26.8 Å². The Kier molecular flexibility index (Phi) is 6.63. The Morgan fingerprint density at radius 2 is 1.54 bits per heavy atom. The normalized spacial score (nSPS) is 12.5. The minimum Gasteiger partial charge on any atom is -0.331 e. The van der Waals surface area contributed by atoms with E-state index >= 15 is 0 Å². The van der Waals surface area contributed by atoms with E-state index in [1.165, 1.54) is 0 Å². The summed E-state index contributed by atoms with van der Waals surface area (Å²) in [4.78, 5) is 12.3. The first kappa shape index (κ1) is 19.8. The van der Waals surface area contributed by atoms with Crippen LogP contribution in [0.2, 0.25) is 0 Å². The summed E-state index contributed by atoms with van der Waals surface area (Å²) in [6, 6.07) is 15.9. The Morgan fingerprint density at radius 1 is 0.962 bits per heavy atom. The Hall–Kier alpha value is -2.54. The van der Waals surface area contributed by atoms with Crippen molar-refractivity contribution in [2.75, 3.05) is 15.8 Å². The monoisotopic (exact) mass is 375 g/mol. The van der Waals surface area contributed by atoms with E-state index in [1.807, 2.05) is 44.2 Å². The van der Waals surface area contributed by atoms with Crippen molar-refractivity contribution in [3.63, 3.8) is 0 Å². The van der Waals surface area contributed by atoms with Crippen molar-refractivity contribution in [3.05, 3.63) is 60.2 Å². The number of hydrogen-bond acceptors (Lipinski definition) is 3. The lowest BCUT2D eigenvalue weighted by molar-refractivity contribution is 0.244. The molecule has 2 aromatic rings. The molecule has 0 aliphatic rings. The first-order valence-electron chi connectivity index (χ1n) is 8.53. The molecule has 6 nitrogen and oxygen atoms in total. The zero-order valence-corrected chi connectivity index (χ0v) is 16.0. The minimum absolute atomic E-state index is 0.00544. The molecule has 1 atom stereocenters. The van der Waals surface area contributed by atoms with Crippen LogP contribution in [0.5, 0.6) is 0 Å². The molecular formula is C19H25N3O3S. The van der Waals surface area contributed by atoms with Gasteiger partial charge in [-0.2, -0.15) is 0 Å². The van der Waals surface area contributed by atoms with Crippen LogP contribution in [0.1, 0.15) is 32.4 Å². The van der Waals surface area contributed by atoms with Gasteiger partial charge < -0.3 is 10.6 Å². The van der Waals surface area contributed by atoms with Crippen molar-refractivity contribution < 1.29 is 13.2 Å². The highest BCUT2D eigenvalue weighted by Crippen LogP contribution is 2.22. The highest BCUT2D eigenvalue weighted by Gasteiger charge is 2.18. The van der Waals surface area contributed by atoms with Crippen LogP contribution < -0.4 is 15.4 Å². The van der Waals surface area contributed by atoms with Gasteiger partial charge in [0.05, 0.1) is 11.8 Å². The molecule has 0 fully saturated rings. The van der Waals surface area contributed by atoms with Crippen LogP contribution in [-0.2, 0) is 10.0 Å². The zero-order chi connectivity index (χ0) is 19.2. The summed E-state index contributed by atoms with van der Waals surface area (Å²) in [6.45, 7) is 5.67. The van der Waals surface area contributed by atoms with Crippen LogP contribution in [0.4, 0.5) is 16.2 Å². The maximum atomic E-state index is 12.3. The molecule has 0 spiro atoms. The van der Waals surface area contributed by atoms with E-state index in [0.717, 1.165) is 5.56 Å². The number of carbonyl (C=O) groups excluding carboxylic acids is 1. The second kappa shape index (κ2) is 8.71. The van der Waals surface area contributed by atoms with E-state index in [0.29, 0.717) is 11.4 Å². The molecule has 0 aliphatic carbocycles. The Labute approximate surface area is 155 Å². The van der Waals surface area contributed by atoms with E-state index < -0.39 is 10.0 Å². The largest absolute Gasteiger partial charge is 0.331 e. The van der Waals surface area contributed by atoms with Crippen molar-refractivity contribution in [1.82, 2.24) is 5.32 Å². The van der Waals surface area contributed by atoms with Gasteiger partial charge in [0.15, 0.2) is 0 Å². The molecular weight excluding hydrogens is 350 g/mol. The van der Waals surface area contributed by atoms with Crippen LogP contribution >= 0.6 is 0 Å². The molecule has 0 bridgehead atoms. The molecule has 3 N–H and O–H groups in total. The molecule has 0 saturated carbocycles. The fourth-order valence-corrected chi connectivity index (χ4v) is 3.12. The molecule has 140 valence electrons. The number of hydrogen-bond donors (Lipinski definition) is 3. The fourth-order valence-electron chi connectivity index (χ4n) is 2.48. The van der Waals surface area contributed by atoms with Gasteiger partial charge in [0.1, 0.15) is 0 Å². The van der Waals surface area contributed by atoms with Gasteiger partial charge in [0.2, 0.25) is 10.0 Å². The van der Waals surface area contributed by atoms with E-state index in [9.17, 15) is 13.2 Å². The standard InChI is InChI=1S/C19H25N3O3S/c1-4-26(24,25)22-17-12-10-16(11-13-17)20-19(23)21-18(14(2)3)15-8-6-5-7-9-15/h5-14,18,22H,4H2,1-3H3,(H2,20,21,23). The zero-order valence-electron chi connectivity index (χ0n) is 15.2. The first-order chi connectivity index (χ1) is 12.3. The number of sulfonamides is 1. The van der Waals surface area contributed by atoms with Crippen molar-refractivity contribution >= 4 is 27.4 Å². The smallest absolute Gasteiger partial charge is 0.319 e. The lowest BCUT2D eigenvalue weighted by Gasteiger charge is -2.23. The second-order valence-corrected chi connectivity index (χ2v) is 8.32. The number of anilines is 2. The summed E-state index contributed by atoms with van der Waals surface area (Å²) < 4.78 is 25.6. The first-order valence-corrected chi connectivity index (χ1v) is 10.2. The van der Waals surface area contributed by atoms with Crippen molar-refractivity contribution in [1.29, 1.82) is 0 Å². The Balaban J connectivity index is 2.00. The predicted octanol–water partition coefficient (Wildman–Crippen LogP) is 3.97. The Morgan fingerprint density at radius 3 is 2.08 bits per heavy atom. The van der Waals surface area contributed by atoms with Gasteiger partial charge in [-0.15, -0.1) is 0 Å². The van der Waals surface area contributed by atoms with Gasteiger partial charge in [-0.3, -0.25) is 4.72 Å². The number of benzene rings is 2. The average molecular weight is 375 g/mol. The molecule has 7 heteroatoms. The SMILES string of the molecule is CCS(=O)(=O)Nc1ccc(NC(=O)NC(c2ccccc2)C(C)C)cc1. The van der Waals surface area contributed by atoms with E-state index in [4.69, 9.17) is 0 Å². The van der Waals surface area contributed by atoms with Gasteiger partial charge in [-0.1, -0.05) is 44.2 Å². The van der Waals surface area contributed by atoms with Gasteiger partial charge in [-0.25, -0.2) is 13.2 Å².